The number of hydrogen-bond donors (Lipinski definition) is 7. The first-order valence-electron chi connectivity index (χ1n) is 17.0. The highest BCUT2D eigenvalue weighted by molar-refractivity contribution is 5.92. The van der Waals surface area contributed by atoms with Crippen molar-refractivity contribution in [2.24, 2.45) is 0 Å². The Bertz CT molecular complexity index is 1120. The van der Waals surface area contributed by atoms with Crippen LogP contribution < -0.4 is 37.2 Å². The van der Waals surface area contributed by atoms with Crippen LogP contribution >= 0.6 is 0 Å². The lowest BCUT2D eigenvalue weighted by Crippen LogP contribution is -2.58. The summed E-state index contributed by atoms with van der Waals surface area (Å²) in [5.74, 6) is -2.28. The molecule has 0 saturated heterocycles. The maximum Gasteiger partial charge on any atom is 0.242 e. The number of rotatable bonds is 15. The molecular formula is C35H67N7O6. The van der Waals surface area contributed by atoms with Crippen molar-refractivity contribution in [2.45, 2.75) is 188 Å². The third-order valence-corrected chi connectivity index (χ3v) is 6.21. The SMILES string of the molecule is CC(C)(C)NC(=O)CCC(NC(=O)CCC(NC(C)(C)C)C(=O)NC(CCC(=O)NC(C)(C)C)C(=O)NC(C)(C)C)C(=O)NC(C)(C)C. The fourth-order valence-corrected chi connectivity index (χ4v) is 4.57. The molecule has 0 aliphatic rings. The number of amides is 6. The highest BCUT2D eigenvalue weighted by atomic mass is 16.2. The first-order chi connectivity index (χ1) is 21.4. The van der Waals surface area contributed by atoms with Gasteiger partial charge in [0.2, 0.25) is 35.4 Å². The summed E-state index contributed by atoms with van der Waals surface area (Å²) < 4.78 is 0. The van der Waals surface area contributed by atoms with Crippen molar-refractivity contribution in [3.8, 4) is 0 Å². The van der Waals surface area contributed by atoms with E-state index in [0.717, 1.165) is 0 Å². The van der Waals surface area contributed by atoms with E-state index in [2.05, 4.69) is 37.2 Å². The van der Waals surface area contributed by atoms with Gasteiger partial charge in [-0.2, -0.15) is 0 Å². The molecule has 0 aromatic carbocycles. The highest BCUT2D eigenvalue weighted by Gasteiger charge is 2.32. The predicted octanol–water partition coefficient (Wildman–Crippen LogP) is 2.71. The molecule has 0 aliphatic heterocycles. The average molecular weight is 682 g/mol. The normalized spacial score (nSPS) is 14.6. The second-order valence-electron chi connectivity index (χ2n) is 17.8. The zero-order valence-corrected chi connectivity index (χ0v) is 32.4. The minimum Gasteiger partial charge on any atom is -0.352 e. The lowest BCUT2D eigenvalue weighted by molar-refractivity contribution is -0.132. The Kier molecular flexibility index (Phi) is 16.8. The molecule has 0 saturated carbocycles. The van der Waals surface area contributed by atoms with Gasteiger partial charge in [0.15, 0.2) is 0 Å². The van der Waals surface area contributed by atoms with E-state index >= 15 is 0 Å². The number of carbonyl (C=O) groups excluding carboxylic acids is 6. The van der Waals surface area contributed by atoms with E-state index in [1.807, 2.05) is 104 Å². The summed E-state index contributed by atoms with van der Waals surface area (Å²) in [6.07, 6.45) is 0.166. The van der Waals surface area contributed by atoms with Gasteiger partial charge in [0.05, 0.1) is 6.04 Å². The first-order valence-corrected chi connectivity index (χ1v) is 17.0. The summed E-state index contributed by atoms with van der Waals surface area (Å²) in [4.78, 5) is 78.2. The zero-order valence-electron chi connectivity index (χ0n) is 32.4. The second kappa shape index (κ2) is 18.0. The van der Waals surface area contributed by atoms with Crippen LogP contribution in [0.3, 0.4) is 0 Å². The molecular weight excluding hydrogens is 614 g/mol. The minimum absolute atomic E-state index is 0.0192. The molecule has 48 heavy (non-hydrogen) atoms. The topological polar surface area (TPSA) is 187 Å². The summed E-state index contributed by atoms with van der Waals surface area (Å²) in [6.45, 7) is 27.7. The van der Waals surface area contributed by atoms with Crippen LogP contribution in [-0.4, -0.2) is 81.3 Å². The lowest BCUT2D eigenvalue weighted by atomic mass is 10.0. The standard InChI is InChI=1S/C35H67N7O6/c1-31(2,3)38-24(28(46)37-23(30(48)42-35(13,14)15)17-21-27(45)40-33(7,8)9)18-19-25(43)36-22(29(47)41-34(10,11)12)16-20-26(44)39-32(4,5)6/h22-24,38H,16-21H2,1-15H3,(H,36,43)(H,37,46)(H,39,44)(H,40,45)(H,41,47)(H,42,48). The Hall–Kier alpha value is -3.22. The van der Waals surface area contributed by atoms with Gasteiger partial charge in [-0.3, -0.25) is 28.8 Å². The molecule has 6 amide bonds. The van der Waals surface area contributed by atoms with Gasteiger partial charge >= 0.3 is 0 Å². The molecule has 278 valence electrons. The molecule has 0 heterocycles. The van der Waals surface area contributed by atoms with Crippen molar-refractivity contribution in [1.29, 1.82) is 0 Å². The van der Waals surface area contributed by atoms with E-state index in [-0.39, 0.29) is 50.3 Å². The van der Waals surface area contributed by atoms with Crippen molar-refractivity contribution in [2.75, 3.05) is 0 Å². The van der Waals surface area contributed by atoms with Crippen LogP contribution in [0.5, 0.6) is 0 Å². The second-order valence-corrected chi connectivity index (χ2v) is 17.8. The van der Waals surface area contributed by atoms with Crippen molar-refractivity contribution in [3.05, 3.63) is 0 Å². The van der Waals surface area contributed by atoms with E-state index < -0.39 is 69.4 Å². The van der Waals surface area contributed by atoms with Crippen molar-refractivity contribution >= 4 is 35.4 Å². The van der Waals surface area contributed by atoms with Gasteiger partial charge < -0.3 is 37.2 Å². The van der Waals surface area contributed by atoms with Gasteiger partial charge in [0.25, 0.3) is 0 Å². The zero-order chi connectivity index (χ0) is 37.9. The van der Waals surface area contributed by atoms with Crippen LogP contribution in [0.25, 0.3) is 0 Å². The van der Waals surface area contributed by atoms with Gasteiger partial charge in [-0.25, -0.2) is 0 Å². The minimum atomic E-state index is -0.995. The smallest absolute Gasteiger partial charge is 0.242 e. The summed E-state index contributed by atoms with van der Waals surface area (Å²) in [6, 6.07) is -2.83. The largest absolute Gasteiger partial charge is 0.352 e. The molecule has 0 fully saturated rings. The molecule has 3 atom stereocenters. The average Bonchev–Trinajstić information content (AvgIpc) is 2.81. The lowest BCUT2D eigenvalue weighted by Gasteiger charge is -2.31. The number of hydrogen-bond acceptors (Lipinski definition) is 7. The number of nitrogens with one attached hydrogen (secondary N) is 7. The van der Waals surface area contributed by atoms with Crippen LogP contribution in [0.15, 0.2) is 0 Å². The van der Waals surface area contributed by atoms with Gasteiger partial charge in [0, 0.05) is 47.0 Å². The van der Waals surface area contributed by atoms with Crippen LogP contribution in [0.4, 0.5) is 0 Å². The molecule has 0 aromatic rings. The number of carbonyl (C=O) groups is 6. The molecule has 0 rings (SSSR count). The molecule has 7 N–H and O–H groups in total. The summed E-state index contributed by atoms with van der Waals surface area (Å²) in [7, 11) is 0. The molecule has 0 aromatic heterocycles. The Labute approximate surface area is 289 Å². The van der Waals surface area contributed by atoms with Gasteiger partial charge in [-0.05, 0) is 123 Å². The Morgan fingerprint density at radius 3 is 1.02 bits per heavy atom. The van der Waals surface area contributed by atoms with Crippen molar-refractivity contribution in [1.82, 2.24) is 37.2 Å². The fourth-order valence-electron chi connectivity index (χ4n) is 4.57. The maximum absolute atomic E-state index is 13.7. The molecule has 13 nitrogen and oxygen atoms in total. The van der Waals surface area contributed by atoms with E-state index in [4.69, 9.17) is 0 Å². The monoisotopic (exact) mass is 682 g/mol. The third kappa shape index (κ3) is 23.2. The van der Waals surface area contributed by atoms with Crippen molar-refractivity contribution < 1.29 is 28.8 Å². The Morgan fingerprint density at radius 1 is 0.375 bits per heavy atom. The van der Waals surface area contributed by atoms with Crippen molar-refractivity contribution in [3.63, 3.8) is 0 Å². The molecule has 0 spiro atoms. The van der Waals surface area contributed by atoms with E-state index in [9.17, 15) is 28.8 Å². The first kappa shape index (κ1) is 44.8. The predicted molar refractivity (Wildman–Crippen MR) is 190 cm³/mol. The summed E-state index contributed by atoms with van der Waals surface area (Å²) in [5.41, 5.74) is -2.54. The van der Waals surface area contributed by atoms with E-state index in [0.29, 0.717) is 0 Å². The maximum atomic E-state index is 13.7. The Balaban J connectivity index is 5.88. The van der Waals surface area contributed by atoms with Crippen LogP contribution in [-0.2, 0) is 28.8 Å². The highest BCUT2D eigenvalue weighted by Crippen LogP contribution is 2.12. The van der Waals surface area contributed by atoms with Crippen LogP contribution in [0.2, 0.25) is 0 Å². The van der Waals surface area contributed by atoms with Crippen LogP contribution in [0, 0.1) is 0 Å². The molecule has 0 radical (unpaired) electrons. The molecule has 0 bridgehead atoms. The molecule has 0 aliphatic carbocycles. The van der Waals surface area contributed by atoms with E-state index in [1.165, 1.54) is 0 Å². The van der Waals surface area contributed by atoms with Crippen LogP contribution in [0.1, 0.15) is 142 Å². The summed E-state index contributed by atoms with van der Waals surface area (Å²) in [5, 5.41) is 20.3. The Morgan fingerprint density at radius 2 is 0.688 bits per heavy atom. The third-order valence-electron chi connectivity index (χ3n) is 6.21. The van der Waals surface area contributed by atoms with Gasteiger partial charge in [0.1, 0.15) is 12.1 Å². The van der Waals surface area contributed by atoms with E-state index in [1.54, 1.807) is 0 Å². The molecule has 13 heteroatoms. The van der Waals surface area contributed by atoms with Gasteiger partial charge in [-0.15, -0.1) is 0 Å². The molecule has 3 unspecified atom stereocenters. The fraction of sp³-hybridized carbons (Fsp3) is 0.829. The quantitative estimate of drug-likeness (QED) is 0.138. The summed E-state index contributed by atoms with van der Waals surface area (Å²) >= 11 is 0. The van der Waals surface area contributed by atoms with Gasteiger partial charge in [-0.1, -0.05) is 0 Å².